The Bertz CT molecular complexity index is 614. The molecule has 0 bridgehead atoms. The summed E-state index contributed by atoms with van der Waals surface area (Å²) >= 11 is 0. The van der Waals surface area contributed by atoms with Gasteiger partial charge >= 0.3 is 6.09 Å². The summed E-state index contributed by atoms with van der Waals surface area (Å²) in [7, 11) is 0. The number of alkyl carbamates (subject to hydrolysis) is 1. The van der Waals surface area contributed by atoms with E-state index in [1.54, 1.807) is 0 Å². The van der Waals surface area contributed by atoms with Gasteiger partial charge in [-0.3, -0.25) is 4.99 Å². The van der Waals surface area contributed by atoms with E-state index in [4.69, 9.17) is 9.73 Å². The molecule has 0 spiro atoms. The molecule has 144 valence electrons. The molecule has 2 atom stereocenters. The van der Waals surface area contributed by atoms with E-state index in [0.29, 0.717) is 19.1 Å². The molecule has 0 aromatic heterocycles. The van der Waals surface area contributed by atoms with Gasteiger partial charge in [0.2, 0.25) is 0 Å². The van der Waals surface area contributed by atoms with Crippen LogP contribution in [0.3, 0.4) is 0 Å². The quantitative estimate of drug-likeness (QED) is 0.492. The molecular formula is C20H32N4O2. The van der Waals surface area contributed by atoms with Crippen LogP contribution < -0.4 is 16.0 Å². The van der Waals surface area contributed by atoms with Gasteiger partial charge in [0.05, 0.1) is 25.2 Å². The van der Waals surface area contributed by atoms with Gasteiger partial charge in [0.25, 0.3) is 0 Å². The molecule has 2 unspecified atom stereocenters. The number of aryl methyl sites for hydroxylation is 1. The molecule has 0 aliphatic heterocycles. The summed E-state index contributed by atoms with van der Waals surface area (Å²) in [5, 5.41) is 9.70. The van der Waals surface area contributed by atoms with Crippen LogP contribution in [-0.2, 0) is 4.74 Å². The molecule has 3 N–H and O–H groups in total. The zero-order valence-electron chi connectivity index (χ0n) is 16.3. The van der Waals surface area contributed by atoms with Crippen LogP contribution in [0.25, 0.3) is 0 Å². The molecule has 1 aliphatic rings. The molecule has 1 fully saturated rings. The van der Waals surface area contributed by atoms with Crippen molar-refractivity contribution in [3.63, 3.8) is 0 Å². The number of amides is 1. The second-order valence-corrected chi connectivity index (χ2v) is 6.75. The largest absolute Gasteiger partial charge is 0.450 e. The van der Waals surface area contributed by atoms with Gasteiger partial charge in [0, 0.05) is 6.54 Å². The van der Waals surface area contributed by atoms with E-state index in [1.165, 1.54) is 11.1 Å². The molecule has 26 heavy (non-hydrogen) atoms. The Hall–Kier alpha value is -2.24. The number of carbonyl (C=O) groups excluding carboxylic acids is 1. The lowest BCUT2D eigenvalue weighted by Gasteiger charge is -2.21. The van der Waals surface area contributed by atoms with Gasteiger partial charge in [-0.1, -0.05) is 24.3 Å². The second-order valence-electron chi connectivity index (χ2n) is 6.75. The predicted octanol–water partition coefficient (Wildman–Crippen LogP) is 3.14. The standard InChI is InChI=1S/C20H32N4O2/c1-5-21-19(23-15(4)17-10-8-7-9-14(17)3)22-13-18(16-11-12-16)24-20(25)26-6-2/h7-10,15-16,18H,5-6,11-13H2,1-4H3,(H,24,25)(H2,21,22,23). The van der Waals surface area contributed by atoms with Crippen molar-refractivity contribution in [2.45, 2.75) is 52.6 Å². The maximum atomic E-state index is 11.7. The van der Waals surface area contributed by atoms with Crippen LogP contribution in [0.4, 0.5) is 4.79 Å². The zero-order valence-corrected chi connectivity index (χ0v) is 16.3. The maximum absolute atomic E-state index is 11.7. The Morgan fingerprint density at radius 1 is 1.27 bits per heavy atom. The average molecular weight is 361 g/mol. The van der Waals surface area contributed by atoms with E-state index in [9.17, 15) is 4.79 Å². The van der Waals surface area contributed by atoms with Crippen LogP contribution in [0.5, 0.6) is 0 Å². The summed E-state index contributed by atoms with van der Waals surface area (Å²) in [5.41, 5.74) is 2.50. The third-order valence-corrected chi connectivity index (χ3v) is 4.57. The normalized spacial score (nSPS) is 16.5. The first-order valence-corrected chi connectivity index (χ1v) is 9.58. The van der Waals surface area contributed by atoms with Gasteiger partial charge in [-0.2, -0.15) is 0 Å². The lowest BCUT2D eigenvalue weighted by atomic mass is 10.0. The molecule has 1 aromatic rings. The number of rotatable bonds is 8. The van der Waals surface area contributed by atoms with Crippen molar-refractivity contribution in [3.05, 3.63) is 35.4 Å². The molecule has 1 aliphatic carbocycles. The van der Waals surface area contributed by atoms with E-state index in [2.05, 4.69) is 48.0 Å². The molecule has 1 saturated carbocycles. The van der Waals surface area contributed by atoms with Gasteiger partial charge in [-0.25, -0.2) is 4.79 Å². The molecule has 0 saturated heterocycles. The molecule has 1 aromatic carbocycles. The lowest BCUT2D eigenvalue weighted by molar-refractivity contribution is 0.147. The van der Waals surface area contributed by atoms with Crippen molar-refractivity contribution in [2.24, 2.45) is 10.9 Å². The van der Waals surface area contributed by atoms with E-state index < -0.39 is 0 Å². The monoisotopic (exact) mass is 360 g/mol. The SMILES string of the molecule is CCNC(=NCC(NC(=O)OCC)C1CC1)NC(C)c1ccccc1C. The Labute approximate surface area is 156 Å². The van der Waals surface area contributed by atoms with Crippen molar-refractivity contribution < 1.29 is 9.53 Å². The molecular weight excluding hydrogens is 328 g/mol. The fourth-order valence-corrected chi connectivity index (χ4v) is 3.00. The number of hydrogen-bond acceptors (Lipinski definition) is 3. The van der Waals surface area contributed by atoms with Gasteiger partial charge < -0.3 is 20.7 Å². The topological polar surface area (TPSA) is 74.8 Å². The van der Waals surface area contributed by atoms with Gasteiger partial charge in [-0.15, -0.1) is 0 Å². The van der Waals surface area contributed by atoms with E-state index in [1.807, 2.05) is 19.9 Å². The maximum Gasteiger partial charge on any atom is 0.407 e. The van der Waals surface area contributed by atoms with Crippen LogP contribution in [0, 0.1) is 12.8 Å². The van der Waals surface area contributed by atoms with Crippen LogP contribution in [0.1, 0.15) is 50.8 Å². The number of nitrogens with one attached hydrogen (secondary N) is 3. The smallest absolute Gasteiger partial charge is 0.407 e. The summed E-state index contributed by atoms with van der Waals surface area (Å²) in [6.45, 7) is 9.80. The highest BCUT2D eigenvalue weighted by Crippen LogP contribution is 2.32. The number of ether oxygens (including phenoxy) is 1. The summed E-state index contributed by atoms with van der Waals surface area (Å²) in [6.07, 6.45) is 1.91. The van der Waals surface area contributed by atoms with Crippen LogP contribution in [-0.4, -0.2) is 37.8 Å². The van der Waals surface area contributed by atoms with Crippen molar-refractivity contribution in [3.8, 4) is 0 Å². The Kier molecular flexibility index (Phi) is 7.75. The average Bonchev–Trinajstić information content (AvgIpc) is 3.44. The summed E-state index contributed by atoms with van der Waals surface area (Å²) in [6, 6.07) is 8.52. The fourth-order valence-electron chi connectivity index (χ4n) is 3.00. The third-order valence-electron chi connectivity index (χ3n) is 4.57. The van der Waals surface area contributed by atoms with E-state index >= 15 is 0 Å². The van der Waals surface area contributed by atoms with Crippen molar-refractivity contribution in [2.75, 3.05) is 19.7 Å². The molecule has 6 heteroatoms. The first kappa shape index (κ1) is 20.1. The van der Waals surface area contributed by atoms with Gasteiger partial charge in [0.15, 0.2) is 5.96 Å². The summed E-state index contributed by atoms with van der Waals surface area (Å²) in [5.74, 6) is 1.26. The van der Waals surface area contributed by atoms with E-state index in [0.717, 1.165) is 25.3 Å². The van der Waals surface area contributed by atoms with Crippen molar-refractivity contribution >= 4 is 12.1 Å². The number of nitrogens with zero attached hydrogens (tertiary/aromatic N) is 1. The first-order chi connectivity index (χ1) is 12.5. The Morgan fingerprint density at radius 3 is 2.62 bits per heavy atom. The molecule has 1 amide bonds. The van der Waals surface area contributed by atoms with E-state index in [-0.39, 0.29) is 18.2 Å². The van der Waals surface area contributed by atoms with Crippen LogP contribution in [0.2, 0.25) is 0 Å². The minimum atomic E-state index is -0.356. The second kappa shape index (κ2) is 10.0. The number of guanidine groups is 1. The molecule has 0 heterocycles. The predicted molar refractivity (Wildman–Crippen MR) is 105 cm³/mol. The Morgan fingerprint density at radius 2 is 2.00 bits per heavy atom. The molecule has 2 rings (SSSR count). The van der Waals surface area contributed by atoms with Crippen LogP contribution >= 0.6 is 0 Å². The highest BCUT2D eigenvalue weighted by molar-refractivity contribution is 5.80. The summed E-state index contributed by atoms with van der Waals surface area (Å²) < 4.78 is 5.01. The number of aliphatic imine (C=N–C) groups is 1. The van der Waals surface area contributed by atoms with Gasteiger partial charge in [-0.05, 0) is 57.6 Å². The highest BCUT2D eigenvalue weighted by Gasteiger charge is 2.32. The number of benzene rings is 1. The third kappa shape index (κ3) is 6.24. The zero-order chi connectivity index (χ0) is 18.9. The highest BCUT2D eigenvalue weighted by atomic mass is 16.5. The van der Waals surface area contributed by atoms with Crippen LogP contribution in [0.15, 0.2) is 29.3 Å². The molecule has 0 radical (unpaired) electrons. The molecule has 6 nitrogen and oxygen atoms in total. The number of hydrogen-bond donors (Lipinski definition) is 3. The van der Waals surface area contributed by atoms with Crippen molar-refractivity contribution in [1.29, 1.82) is 0 Å². The van der Waals surface area contributed by atoms with Crippen molar-refractivity contribution in [1.82, 2.24) is 16.0 Å². The van der Waals surface area contributed by atoms with Gasteiger partial charge in [0.1, 0.15) is 0 Å². The lowest BCUT2D eigenvalue weighted by Crippen LogP contribution is -2.42. The minimum absolute atomic E-state index is 0.0262. The Balaban J connectivity index is 2.00. The summed E-state index contributed by atoms with van der Waals surface area (Å²) in [4.78, 5) is 16.5. The number of carbonyl (C=O) groups is 1. The first-order valence-electron chi connectivity index (χ1n) is 9.58. The minimum Gasteiger partial charge on any atom is -0.450 e. The fraction of sp³-hybridized carbons (Fsp3) is 0.600.